The predicted molar refractivity (Wildman–Crippen MR) is 109 cm³/mol. The molecule has 9 heteroatoms. The van der Waals surface area contributed by atoms with Crippen LogP contribution in [0.3, 0.4) is 0 Å². The van der Waals surface area contributed by atoms with Crippen molar-refractivity contribution < 1.29 is 13.2 Å². The van der Waals surface area contributed by atoms with Crippen LogP contribution in [-0.2, 0) is 25.7 Å². The third-order valence-electron chi connectivity index (χ3n) is 5.19. The van der Waals surface area contributed by atoms with Gasteiger partial charge < -0.3 is 10.2 Å². The van der Waals surface area contributed by atoms with E-state index in [0.29, 0.717) is 29.9 Å². The number of fused-ring (bicyclic) bond motifs is 1. The molecule has 0 fully saturated rings. The Morgan fingerprint density at radius 2 is 2.00 bits per heavy atom. The summed E-state index contributed by atoms with van der Waals surface area (Å²) in [5.74, 6) is 0.625. The number of alkyl halides is 3. The quantitative estimate of drug-likeness (QED) is 0.675. The van der Waals surface area contributed by atoms with Crippen molar-refractivity contribution >= 4 is 11.5 Å². The molecule has 0 saturated carbocycles. The zero-order chi connectivity index (χ0) is 22.0. The number of hydrogen-bond acceptors (Lipinski definition) is 6. The monoisotopic (exact) mass is 424 g/mol. The number of anilines is 2. The smallest absolute Gasteiger partial charge is 0.366 e. The highest BCUT2D eigenvalue weighted by molar-refractivity contribution is 5.62. The fourth-order valence-electron chi connectivity index (χ4n) is 3.60. The van der Waals surface area contributed by atoms with Crippen LogP contribution in [0.2, 0.25) is 0 Å². The number of nitriles is 1. The first-order chi connectivity index (χ1) is 14.8. The van der Waals surface area contributed by atoms with Crippen molar-refractivity contribution in [2.24, 2.45) is 0 Å². The average Bonchev–Trinajstić information content (AvgIpc) is 2.77. The third-order valence-corrected chi connectivity index (χ3v) is 5.19. The Morgan fingerprint density at radius 3 is 2.71 bits per heavy atom. The maximum absolute atomic E-state index is 12.7. The van der Waals surface area contributed by atoms with E-state index in [4.69, 9.17) is 0 Å². The molecule has 0 radical (unpaired) electrons. The van der Waals surface area contributed by atoms with E-state index in [0.717, 1.165) is 35.1 Å². The molecule has 158 valence electrons. The SMILES string of the molecule is Cc1ccc(N2CCc3ncnc(NCc4ccc(C(F)(F)F)nc4)c3C2)c(C#N)c1. The second-order valence-electron chi connectivity index (χ2n) is 7.35. The number of aromatic nitrogens is 3. The Balaban J connectivity index is 1.53. The molecule has 0 atom stereocenters. The summed E-state index contributed by atoms with van der Waals surface area (Å²) in [6, 6.07) is 10.4. The number of nitrogens with zero attached hydrogens (tertiary/aromatic N) is 5. The summed E-state index contributed by atoms with van der Waals surface area (Å²) in [7, 11) is 0. The Kier molecular flexibility index (Phi) is 5.46. The number of pyridine rings is 1. The summed E-state index contributed by atoms with van der Waals surface area (Å²) in [5.41, 5.74) is 4.03. The van der Waals surface area contributed by atoms with Crippen molar-refractivity contribution in [2.45, 2.75) is 32.6 Å². The minimum Gasteiger partial charge on any atom is -0.366 e. The molecule has 2 aromatic heterocycles. The first kappa shape index (κ1) is 20.6. The van der Waals surface area contributed by atoms with E-state index in [1.54, 1.807) is 0 Å². The zero-order valence-corrected chi connectivity index (χ0v) is 16.7. The number of nitrogens with one attached hydrogen (secondary N) is 1. The van der Waals surface area contributed by atoms with Crippen LogP contribution in [0.25, 0.3) is 0 Å². The molecule has 1 aromatic carbocycles. The molecule has 1 aliphatic rings. The van der Waals surface area contributed by atoms with Gasteiger partial charge in [-0.3, -0.25) is 4.98 Å². The Labute approximate surface area is 177 Å². The minimum absolute atomic E-state index is 0.280. The second kappa shape index (κ2) is 8.22. The summed E-state index contributed by atoms with van der Waals surface area (Å²) in [5, 5.41) is 12.7. The van der Waals surface area contributed by atoms with Gasteiger partial charge in [0, 0.05) is 37.8 Å². The molecule has 1 aliphatic heterocycles. The summed E-state index contributed by atoms with van der Waals surface area (Å²) in [4.78, 5) is 14.3. The van der Waals surface area contributed by atoms with E-state index < -0.39 is 11.9 Å². The van der Waals surface area contributed by atoms with Crippen LogP contribution in [0.1, 0.15) is 33.6 Å². The first-order valence-electron chi connectivity index (χ1n) is 9.69. The van der Waals surface area contributed by atoms with Gasteiger partial charge in [0.25, 0.3) is 0 Å². The molecule has 0 spiro atoms. The number of hydrogen-bond donors (Lipinski definition) is 1. The molecule has 0 amide bonds. The molecular formula is C22H19F3N6. The topological polar surface area (TPSA) is 77.7 Å². The van der Waals surface area contributed by atoms with Crippen LogP contribution in [0.4, 0.5) is 24.7 Å². The average molecular weight is 424 g/mol. The highest BCUT2D eigenvalue weighted by atomic mass is 19.4. The zero-order valence-electron chi connectivity index (χ0n) is 16.7. The van der Waals surface area contributed by atoms with Gasteiger partial charge >= 0.3 is 6.18 Å². The normalized spacial score (nSPS) is 13.5. The summed E-state index contributed by atoms with van der Waals surface area (Å²) >= 11 is 0. The molecule has 3 aromatic rings. The highest BCUT2D eigenvalue weighted by Gasteiger charge is 2.32. The van der Waals surface area contributed by atoms with E-state index in [1.807, 2.05) is 25.1 Å². The van der Waals surface area contributed by atoms with Gasteiger partial charge in [0.05, 0.1) is 16.9 Å². The lowest BCUT2D eigenvalue weighted by atomic mass is 10.0. The van der Waals surface area contributed by atoms with Crippen molar-refractivity contribution in [1.29, 1.82) is 5.26 Å². The fourth-order valence-corrected chi connectivity index (χ4v) is 3.60. The lowest BCUT2D eigenvalue weighted by molar-refractivity contribution is -0.141. The molecule has 1 N–H and O–H groups in total. The standard InChI is InChI=1S/C22H19F3N6/c1-14-2-4-19(16(8-14)9-26)31-7-6-18-17(12-31)21(30-13-29-18)28-11-15-3-5-20(27-10-15)22(23,24)25/h2-5,8,10,13H,6-7,11-12H2,1H3,(H,28,29,30). The van der Waals surface area contributed by atoms with Crippen molar-refractivity contribution in [3.63, 3.8) is 0 Å². The number of benzene rings is 1. The lowest BCUT2D eigenvalue weighted by Gasteiger charge is -2.31. The molecule has 0 unspecified atom stereocenters. The Morgan fingerprint density at radius 1 is 1.16 bits per heavy atom. The molecular weight excluding hydrogens is 405 g/mol. The van der Waals surface area contributed by atoms with Crippen LogP contribution in [0.5, 0.6) is 0 Å². The van der Waals surface area contributed by atoms with Gasteiger partial charge in [-0.05, 0) is 36.2 Å². The van der Waals surface area contributed by atoms with Crippen molar-refractivity contribution in [1.82, 2.24) is 15.0 Å². The van der Waals surface area contributed by atoms with Gasteiger partial charge in [0.15, 0.2) is 0 Å². The molecule has 31 heavy (non-hydrogen) atoms. The van der Waals surface area contributed by atoms with Crippen LogP contribution >= 0.6 is 0 Å². The maximum Gasteiger partial charge on any atom is 0.433 e. The van der Waals surface area contributed by atoms with Crippen molar-refractivity contribution in [3.8, 4) is 6.07 Å². The molecule has 4 rings (SSSR count). The number of aryl methyl sites for hydroxylation is 1. The molecule has 0 bridgehead atoms. The minimum atomic E-state index is -4.46. The maximum atomic E-state index is 12.7. The van der Waals surface area contributed by atoms with Gasteiger partial charge in [0.1, 0.15) is 23.9 Å². The molecule has 6 nitrogen and oxygen atoms in total. The van der Waals surface area contributed by atoms with Crippen molar-refractivity contribution in [2.75, 3.05) is 16.8 Å². The summed E-state index contributed by atoms with van der Waals surface area (Å²) in [6.07, 6.45) is -1.07. The molecule has 3 heterocycles. The second-order valence-corrected chi connectivity index (χ2v) is 7.35. The Bertz CT molecular complexity index is 1140. The van der Waals surface area contributed by atoms with Gasteiger partial charge in [-0.15, -0.1) is 0 Å². The molecule has 0 saturated heterocycles. The molecule has 0 aliphatic carbocycles. The number of halogens is 3. The van der Waals surface area contributed by atoms with Gasteiger partial charge in [-0.25, -0.2) is 9.97 Å². The van der Waals surface area contributed by atoms with E-state index in [2.05, 4.69) is 31.2 Å². The Hall–Kier alpha value is -3.67. The number of rotatable bonds is 4. The fraction of sp³-hybridized carbons (Fsp3) is 0.273. The van der Waals surface area contributed by atoms with E-state index in [1.165, 1.54) is 18.6 Å². The third kappa shape index (κ3) is 4.43. The predicted octanol–water partition coefficient (Wildman–Crippen LogP) is 4.25. The van der Waals surface area contributed by atoms with Crippen LogP contribution in [0, 0.1) is 18.3 Å². The first-order valence-corrected chi connectivity index (χ1v) is 9.69. The summed E-state index contributed by atoms with van der Waals surface area (Å²) < 4.78 is 38.1. The van der Waals surface area contributed by atoms with Crippen LogP contribution in [0.15, 0.2) is 42.9 Å². The van der Waals surface area contributed by atoms with Gasteiger partial charge in [-0.2, -0.15) is 18.4 Å². The van der Waals surface area contributed by atoms with E-state index >= 15 is 0 Å². The summed E-state index contributed by atoms with van der Waals surface area (Å²) in [6.45, 7) is 3.48. The highest BCUT2D eigenvalue weighted by Crippen LogP contribution is 2.30. The van der Waals surface area contributed by atoms with Crippen LogP contribution in [-0.4, -0.2) is 21.5 Å². The van der Waals surface area contributed by atoms with Crippen LogP contribution < -0.4 is 10.2 Å². The van der Waals surface area contributed by atoms with E-state index in [9.17, 15) is 18.4 Å². The largest absolute Gasteiger partial charge is 0.433 e. The van der Waals surface area contributed by atoms with Gasteiger partial charge in [-0.1, -0.05) is 12.1 Å². The lowest BCUT2D eigenvalue weighted by Crippen LogP contribution is -2.32. The van der Waals surface area contributed by atoms with Gasteiger partial charge in [0.2, 0.25) is 0 Å². The van der Waals surface area contributed by atoms with E-state index in [-0.39, 0.29) is 6.54 Å². The van der Waals surface area contributed by atoms with Crippen molar-refractivity contribution in [3.05, 3.63) is 76.5 Å².